The highest BCUT2D eigenvalue weighted by molar-refractivity contribution is 6.34. The van der Waals surface area contributed by atoms with Gasteiger partial charge in [-0.15, -0.1) is 0 Å². The van der Waals surface area contributed by atoms with Gasteiger partial charge in [-0.3, -0.25) is 0 Å². The molecule has 4 heteroatoms. The van der Waals surface area contributed by atoms with Gasteiger partial charge >= 0.3 is 0 Å². The molecule has 0 aliphatic carbocycles. The van der Waals surface area contributed by atoms with Gasteiger partial charge in [0, 0.05) is 0 Å². The maximum atomic E-state index is 12.8. The third kappa shape index (κ3) is 0.886. The smallest absolute Gasteiger partial charge is 0.188 e. The molecule has 0 amide bonds. The fourth-order valence-corrected chi connectivity index (χ4v) is 1.09. The molecule has 0 N–H and O–H groups in total. The maximum Gasteiger partial charge on any atom is 0.188 e. The Hall–Kier alpha value is -1.09. The van der Waals surface area contributed by atoms with Crippen LogP contribution in [0.25, 0.3) is 11.0 Å². The molecule has 2 aromatic rings. The molecular weight excluding hydrogens is 169 g/mol. The van der Waals surface area contributed by atoms with Crippen LogP contribution in [0.5, 0.6) is 0 Å². The molecule has 0 aliphatic rings. The minimum atomic E-state index is -0.370. The van der Waals surface area contributed by atoms with Gasteiger partial charge in [-0.2, -0.15) is 0 Å². The van der Waals surface area contributed by atoms with E-state index < -0.39 is 0 Å². The summed E-state index contributed by atoms with van der Waals surface area (Å²) in [5.41, 5.74) is 0.298. The minimum Gasteiger partial charge on any atom is -0.355 e. The normalized spacial score (nSPS) is 10.7. The quantitative estimate of drug-likeness (QED) is 0.609. The van der Waals surface area contributed by atoms with Gasteiger partial charge in [0.2, 0.25) is 0 Å². The van der Waals surface area contributed by atoms with E-state index in [1.54, 1.807) is 0 Å². The van der Waals surface area contributed by atoms with E-state index in [2.05, 4.69) is 5.16 Å². The van der Waals surface area contributed by atoms with Crippen LogP contribution in [0.2, 0.25) is 5.02 Å². The summed E-state index contributed by atoms with van der Waals surface area (Å²) in [7, 11) is 0. The number of rotatable bonds is 0. The summed E-state index contributed by atoms with van der Waals surface area (Å²) in [5.74, 6) is -0.370. The first-order valence-corrected chi connectivity index (χ1v) is 3.35. The third-order valence-electron chi connectivity index (χ3n) is 1.42. The average Bonchev–Trinajstić information content (AvgIpc) is 2.45. The standard InChI is InChI=1S/C7H3ClFNO/c8-5-1-2-6(9)4-3-10-11-7(4)5/h1-3H. The largest absolute Gasteiger partial charge is 0.355 e. The molecule has 0 saturated heterocycles. The van der Waals surface area contributed by atoms with Crippen LogP contribution < -0.4 is 0 Å². The Balaban J connectivity index is 2.96. The number of halogens is 2. The fourth-order valence-electron chi connectivity index (χ4n) is 0.894. The molecule has 0 spiro atoms. The predicted octanol–water partition coefficient (Wildman–Crippen LogP) is 2.62. The van der Waals surface area contributed by atoms with E-state index in [1.165, 1.54) is 18.3 Å². The van der Waals surface area contributed by atoms with Crippen LogP contribution in [0.4, 0.5) is 4.39 Å². The minimum absolute atomic E-state index is 0.298. The monoisotopic (exact) mass is 171 g/mol. The van der Waals surface area contributed by atoms with Crippen LogP contribution in [0.15, 0.2) is 22.9 Å². The molecule has 56 valence electrons. The Morgan fingerprint density at radius 3 is 3.00 bits per heavy atom. The van der Waals surface area contributed by atoms with Gasteiger partial charge in [-0.25, -0.2) is 4.39 Å². The van der Waals surface area contributed by atoms with Crippen molar-refractivity contribution < 1.29 is 8.91 Å². The zero-order valence-corrected chi connectivity index (χ0v) is 6.10. The van der Waals surface area contributed by atoms with Crippen LogP contribution in [0, 0.1) is 5.82 Å². The lowest BCUT2D eigenvalue weighted by molar-refractivity contribution is 0.456. The van der Waals surface area contributed by atoms with Crippen molar-refractivity contribution in [2.45, 2.75) is 0 Å². The molecule has 0 atom stereocenters. The summed E-state index contributed by atoms with van der Waals surface area (Å²) in [5, 5.41) is 4.11. The second-order valence-electron chi connectivity index (χ2n) is 2.10. The lowest BCUT2D eigenvalue weighted by Crippen LogP contribution is -1.73. The second kappa shape index (κ2) is 2.20. The van der Waals surface area contributed by atoms with E-state index in [9.17, 15) is 4.39 Å². The third-order valence-corrected chi connectivity index (χ3v) is 1.72. The molecule has 1 aromatic carbocycles. The molecule has 1 aromatic heterocycles. The molecule has 2 rings (SSSR count). The van der Waals surface area contributed by atoms with Crippen molar-refractivity contribution in [2.75, 3.05) is 0 Å². The molecule has 1 heterocycles. The summed E-state index contributed by atoms with van der Waals surface area (Å²) in [4.78, 5) is 0. The molecule has 0 saturated carbocycles. The first-order valence-electron chi connectivity index (χ1n) is 2.97. The first kappa shape index (κ1) is 6.61. The van der Waals surface area contributed by atoms with Crippen LogP contribution in [0.1, 0.15) is 0 Å². The number of hydrogen-bond acceptors (Lipinski definition) is 2. The molecule has 0 aliphatic heterocycles. The molecule has 0 unspecified atom stereocenters. The highest BCUT2D eigenvalue weighted by Crippen LogP contribution is 2.24. The van der Waals surface area contributed by atoms with Gasteiger partial charge in [0.1, 0.15) is 5.82 Å². The van der Waals surface area contributed by atoms with Gasteiger partial charge < -0.3 is 4.52 Å². The van der Waals surface area contributed by atoms with E-state index in [1.807, 2.05) is 0 Å². The molecule has 2 nitrogen and oxygen atoms in total. The highest BCUT2D eigenvalue weighted by Gasteiger charge is 2.07. The Kier molecular flexibility index (Phi) is 1.32. The zero-order chi connectivity index (χ0) is 7.84. The van der Waals surface area contributed by atoms with Crippen LogP contribution in [-0.4, -0.2) is 5.16 Å². The molecule has 0 bridgehead atoms. The fraction of sp³-hybridized carbons (Fsp3) is 0. The zero-order valence-electron chi connectivity index (χ0n) is 5.34. The van der Waals surface area contributed by atoms with Gasteiger partial charge in [0.25, 0.3) is 0 Å². The van der Waals surface area contributed by atoms with Crippen LogP contribution in [-0.2, 0) is 0 Å². The second-order valence-corrected chi connectivity index (χ2v) is 2.51. The van der Waals surface area contributed by atoms with Crippen molar-refractivity contribution in [2.24, 2.45) is 0 Å². The van der Waals surface area contributed by atoms with Crippen molar-refractivity contribution >= 4 is 22.6 Å². The highest BCUT2D eigenvalue weighted by atomic mass is 35.5. The van der Waals surface area contributed by atoms with Gasteiger partial charge in [0.05, 0.1) is 16.6 Å². The van der Waals surface area contributed by atoms with Gasteiger partial charge in [-0.1, -0.05) is 16.8 Å². The first-order chi connectivity index (χ1) is 5.29. The molecule has 11 heavy (non-hydrogen) atoms. The van der Waals surface area contributed by atoms with Crippen molar-refractivity contribution in [3.05, 3.63) is 29.2 Å². The topological polar surface area (TPSA) is 26.0 Å². The van der Waals surface area contributed by atoms with Crippen molar-refractivity contribution in [1.29, 1.82) is 0 Å². The van der Waals surface area contributed by atoms with Crippen molar-refractivity contribution in [1.82, 2.24) is 5.16 Å². The summed E-state index contributed by atoms with van der Waals surface area (Å²) in [6.45, 7) is 0. The molecule has 0 fully saturated rings. The van der Waals surface area contributed by atoms with E-state index in [-0.39, 0.29) is 5.82 Å². The van der Waals surface area contributed by atoms with Crippen molar-refractivity contribution in [3.8, 4) is 0 Å². The van der Waals surface area contributed by atoms with E-state index in [4.69, 9.17) is 16.1 Å². The average molecular weight is 172 g/mol. The number of benzene rings is 1. The Bertz CT molecular complexity index is 362. The number of fused-ring (bicyclic) bond motifs is 1. The Morgan fingerprint density at radius 1 is 1.45 bits per heavy atom. The van der Waals surface area contributed by atoms with Crippen LogP contribution >= 0.6 is 11.6 Å². The summed E-state index contributed by atoms with van der Waals surface area (Å²) >= 11 is 5.67. The predicted molar refractivity (Wildman–Crippen MR) is 39.0 cm³/mol. The number of aromatic nitrogens is 1. The summed E-state index contributed by atoms with van der Waals surface area (Å²) in [6.07, 6.45) is 1.30. The van der Waals surface area contributed by atoms with Gasteiger partial charge in [-0.05, 0) is 12.1 Å². The van der Waals surface area contributed by atoms with E-state index in [0.29, 0.717) is 16.0 Å². The summed E-state index contributed by atoms with van der Waals surface area (Å²) < 4.78 is 17.5. The molecule has 0 radical (unpaired) electrons. The SMILES string of the molecule is Fc1ccc(Cl)c2oncc12. The van der Waals surface area contributed by atoms with Gasteiger partial charge in [0.15, 0.2) is 5.58 Å². The Labute approximate surface area is 66.5 Å². The lowest BCUT2D eigenvalue weighted by atomic mass is 10.2. The van der Waals surface area contributed by atoms with E-state index in [0.717, 1.165) is 0 Å². The van der Waals surface area contributed by atoms with E-state index >= 15 is 0 Å². The molecular formula is C7H3ClFNO. The summed E-state index contributed by atoms with van der Waals surface area (Å²) in [6, 6.07) is 2.71. The van der Waals surface area contributed by atoms with Crippen molar-refractivity contribution in [3.63, 3.8) is 0 Å². The lowest BCUT2D eigenvalue weighted by Gasteiger charge is -1.90. The van der Waals surface area contributed by atoms with Crippen LogP contribution in [0.3, 0.4) is 0 Å². The number of nitrogens with zero attached hydrogens (tertiary/aromatic N) is 1. The Morgan fingerprint density at radius 2 is 2.27 bits per heavy atom. The number of hydrogen-bond donors (Lipinski definition) is 0. The maximum absolute atomic E-state index is 12.8.